The highest BCUT2D eigenvalue weighted by Gasteiger charge is 2.20. The van der Waals surface area contributed by atoms with Gasteiger partial charge >= 0.3 is 0 Å². The lowest BCUT2D eigenvalue weighted by molar-refractivity contribution is 0.439. The quantitative estimate of drug-likeness (QED) is 0.779. The molecular weight excluding hydrogens is 300 g/mol. The first-order chi connectivity index (χ1) is 10.1. The van der Waals surface area contributed by atoms with Gasteiger partial charge in [0.2, 0.25) is 5.88 Å². The highest BCUT2D eigenvalue weighted by atomic mass is 35.5. The van der Waals surface area contributed by atoms with E-state index in [2.05, 4.69) is 10.1 Å². The van der Waals surface area contributed by atoms with Crippen molar-refractivity contribution in [2.45, 2.75) is 0 Å². The fourth-order valence-corrected chi connectivity index (χ4v) is 2.21. The van der Waals surface area contributed by atoms with Crippen molar-refractivity contribution in [3.63, 3.8) is 0 Å². The van der Waals surface area contributed by atoms with Crippen molar-refractivity contribution >= 4 is 17.5 Å². The Bertz CT molecular complexity index is 802. The van der Waals surface area contributed by atoms with Gasteiger partial charge in [-0.05, 0) is 30.3 Å². The standard InChI is InChI=1S/C14H8ClF2N3O/c15-10-5-7(16)1-3-9(10)12-13(20-21-14(12)18)11-4-2-8(17)6-19-11/h1-6H,18H2. The molecule has 0 spiro atoms. The third kappa shape index (κ3) is 2.45. The molecule has 0 saturated carbocycles. The zero-order valence-corrected chi connectivity index (χ0v) is 11.2. The molecule has 0 aliphatic carbocycles. The van der Waals surface area contributed by atoms with Crippen LogP contribution in [0.4, 0.5) is 14.7 Å². The van der Waals surface area contributed by atoms with E-state index in [1.165, 1.54) is 24.3 Å². The number of anilines is 1. The number of benzene rings is 1. The van der Waals surface area contributed by atoms with Crippen molar-refractivity contribution in [1.82, 2.24) is 10.1 Å². The zero-order valence-electron chi connectivity index (χ0n) is 10.5. The van der Waals surface area contributed by atoms with Crippen LogP contribution in [0.25, 0.3) is 22.5 Å². The van der Waals surface area contributed by atoms with E-state index in [0.29, 0.717) is 22.5 Å². The lowest BCUT2D eigenvalue weighted by atomic mass is 10.0. The molecule has 4 nitrogen and oxygen atoms in total. The molecule has 3 aromatic rings. The molecule has 21 heavy (non-hydrogen) atoms. The molecule has 0 saturated heterocycles. The Morgan fingerprint density at radius 2 is 1.86 bits per heavy atom. The van der Waals surface area contributed by atoms with E-state index >= 15 is 0 Å². The Morgan fingerprint density at radius 3 is 2.52 bits per heavy atom. The molecule has 1 aromatic carbocycles. The van der Waals surface area contributed by atoms with Crippen LogP contribution in [0, 0.1) is 11.6 Å². The summed E-state index contributed by atoms with van der Waals surface area (Å²) in [5, 5.41) is 3.98. The van der Waals surface area contributed by atoms with Crippen LogP contribution in [0.15, 0.2) is 41.1 Å². The van der Waals surface area contributed by atoms with E-state index in [1.807, 2.05) is 0 Å². The Morgan fingerprint density at radius 1 is 1.10 bits per heavy atom. The summed E-state index contributed by atoms with van der Waals surface area (Å²) < 4.78 is 31.1. The second-order valence-corrected chi connectivity index (χ2v) is 4.66. The van der Waals surface area contributed by atoms with Gasteiger partial charge in [0, 0.05) is 5.56 Å². The molecule has 0 bridgehead atoms. The van der Waals surface area contributed by atoms with Crippen molar-refractivity contribution in [2.75, 3.05) is 5.73 Å². The molecule has 2 aromatic heterocycles. The van der Waals surface area contributed by atoms with Crippen molar-refractivity contribution in [3.8, 4) is 22.5 Å². The molecule has 0 atom stereocenters. The van der Waals surface area contributed by atoms with Crippen LogP contribution in [0.1, 0.15) is 0 Å². The first kappa shape index (κ1) is 13.5. The van der Waals surface area contributed by atoms with Crippen LogP contribution < -0.4 is 5.73 Å². The maximum absolute atomic E-state index is 13.1. The molecule has 0 fully saturated rings. The van der Waals surface area contributed by atoms with E-state index in [-0.39, 0.29) is 10.9 Å². The molecular formula is C14H8ClF2N3O. The monoisotopic (exact) mass is 307 g/mol. The Hall–Kier alpha value is -2.47. The number of nitrogen functional groups attached to an aromatic ring is 1. The number of aromatic nitrogens is 2. The number of nitrogens with zero attached hydrogens (tertiary/aromatic N) is 2. The summed E-state index contributed by atoms with van der Waals surface area (Å²) in [6.07, 6.45) is 1.05. The summed E-state index contributed by atoms with van der Waals surface area (Å²) >= 11 is 6.03. The summed E-state index contributed by atoms with van der Waals surface area (Å²) in [7, 11) is 0. The number of hydrogen-bond acceptors (Lipinski definition) is 4. The van der Waals surface area contributed by atoms with E-state index in [4.69, 9.17) is 21.9 Å². The third-order valence-corrected chi connectivity index (χ3v) is 3.20. The predicted molar refractivity (Wildman–Crippen MR) is 74.5 cm³/mol. The molecule has 2 heterocycles. The molecule has 7 heteroatoms. The van der Waals surface area contributed by atoms with E-state index in [0.717, 1.165) is 12.3 Å². The minimum Gasteiger partial charge on any atom is -0.367 e. The number of nitrogens with two attached hydrogens (primary N) is 1. The van der Waals surface area contributed by atoms with Gasteiger partial charge in [0.05, 0.1) is 22.5 Å². The van der Waals surface area contributed by atoms with Crippen molar-refractivity contribution in [2.24, 2.45) is 0 Å². The fraction of sp³-hybridized carbons (Fsp3) is 0. The summed E-state index contributed by atoms with van der Waals surface area (Å²) in [5.74, 6) is -0.929. The molecule has 2 N–H and O–H groups in total. The van der Waals surface area contributed by atoms with Crippen LogP contribution in [0.3, 0.4) is 0 Å². The Labute approximate surface area is 123 Å². The molecule has 3 rings (SSSR count). The topological polar surface area (TPSA) is 64.9 Å². The molecule has 0 unspecified atom stereocenters. The summed E-state index contributed by atoms with van der Waals surface area (Å²) in [5.41, 5.74) is 7.28. The number of halogens is 3. The van der Waals surface area contributed by atoms with Gasteiger partial charge in [-0.3, -0.25) is 4.98 Å². The largest absolute Gasteiger partial charge is 0.367 e. The summed E-state index contributed by atoms with van der Waals surface area (Å²) in [6, 6.07) is 6.55. The van der Waals surface area contributed by atoms with Gasteiger partial charge in [-0.1, -0.05) is 16.8 Å². The molecule has 0 aliphatic heterocycles. The second kappa shape index (κ2) is 5.14. The third-order valence-electron chi connectivity index (χ3n) is 2.89. The first-order valence-corrected chi connectivity index (χ1v) is 6.26. The van der Waals surface area contributed by atoms with E-state index < -0.39 is 11.6 Å². The SMILES string of the molecule is Nc1onc(-c2ccc(F)cn2)c1-c1ccc(F)cc1Cl. The average Bonchev–Trinajstić information content (AvgIpc) is 2.82. The first-order valence-electron chi connectivity index (χ1n) is 5.89. The zero-order chi connectivity index (χ0) is 15.0. The minimum atomic E-state index is -0.475. The van der Waals surface area contributed by atoms with Crippen LogP contribution in [0.2, 0.25) is 5.02 Å². The van der Waals surface area contributed by atoms with Gasteiger partial charge < -0.3 is 10.3 Å². The van der Waals surface area contributed by atoms with Gasteiger partial charge in [0.25, 0.3) is 0 Å². The van der Waals surface area contributed by atoms with Gasteiger partial charge in [-0.15, -0.1) is 0 Å². The minimum absolute atomic E-state index is 0.0182. The lowest BCUT2D eigenvalue weighted by Crippen LogP contribution is -1.91. The fourth-order valence-electron chi connectivity index (χ4n) is 1.95. The van der Waals surface area contributed by atoms with Crippen LogP contribution >= 0.6 is 11.6 Å². The summed E-state index contributed by atoms with van der Waals surface area (Å²) in [6.45, 7) is 0. The van der Waals surface area contributed by atoms with Crippen molar-refractivity contribution in [3.05, 3.63) is 53.2 Å². The number of pyridine rings is 1. The summed E-state index contributed by atoms with van der Waals surface area (Å²) in [4.78, 5) is 3.93. The lowest BCUT2D eigenvalue weighted by Gasteiger charge is -2.05. The second-order valence-electron chi connectivity index (χ2n) is 4.26. The van der Waals surface area contributed by atoms with Crippen molar-refractivity contribution < 1.29 is 13.3 Å². The van der Waals surface area contributed by atoms with Crippen LogP contribution in [0.5, 0.6) is 0 Å². The maximum atomic E-state index is 13.1. The average molecular weight is 308 g/mol. The smallest absolute Gasteiger partial charge is 0.230 e. The Balaban J connectivity index is 2.19. The molecule has 0 radical (unpaired) electrons. The normalized spacial score (nSPS) is 10.8. The maximum Gasteiger partial charge on any atom is 0.230 e. The van der Waals surface area contributed by atoms with Crippen LogP contribution in [-0.4, -0.2) is 10.1 Å². The van der Waals surface area contributed by atoms with Crippen molar-refractivity contribution in [1.29, 1.82) is 0 Å². The highest BCUT2D eigenvalue weighted by molar-refractivity contribution is 6.33. The van der Waals surface area contributed by atoms with E-state index in [9.17, 15) is 8.78 Å². The molecule has 106 valence electrons. The highest BCUT2D eigenvalue weighted by Crippen LogP contribution is 2.39. The predicted octanol–water partition coefficient (Wildman–Crippen LogP) is 3.92. The molecule has 0 amide bonds. The van der Waals surface area contributed by atoms with Gasteiger partial charge in [0.1, 0.15) is 17.3 Å². The van der Waals surface area contributed by atoms with E-state index in [1.54, 1.807) is 0 Å². The van der Waals surface area contributed by atoms with Gasteiger partial charge in [0.15, 0.2) is 0 Å². The van der Waals surface area contributed by atoms with Gasteiger partial charge in [-0.2, -0.15) is 0 Å². The van der Waals surface area contributed by atoms with Crippen LogP contribution in [-0.2, 0) is 0 Å². The number of hydrogen-bond donors (Lipinski definition) is 1. The Kier molecular flexibility index (Phi) is 3.31. The number of rotatable bonds is 2. The van der Waals surface area contributed by atoms with Gasteiger partial charge in [-0.25, -0.2) is 8.78 Å². The molecule has 0 aliphatic rings.